The van der Waals surface area contributed by atoms with Gasteiger partial charge in [0, 0.05) is 6.20 Å². The number of hydrogen-bond donors (Lipinski definition) is 7. The number of nitrogen functional groups attached to an aromatic ring is 1. The quantitative estimate of drug-likeness (QED) is 0.152. The molecule has 31 heavy (non-hydrogen) atoms. The van der Waals surface area contributed by atoms with Gasteiger partial charge in [-0.3, -0.25) is 9.09 Å². The first kappa shape index (κ1) is 25.9. The van der Waals surface area contributed by atoms with Gasteiger partial charge < -0.3 is 30.3 Å². The summed E-state index contributed by atoms with van der Waals surface area (Å²) in [6.45, 7) is -1.32. The van der Waals surface area contributed by atoms with Gasteiger partial charge in [0.1, 0.15) is 18.5 Å². The Balaban J connectivity index is 2.20. The number of hydrogen-bond acceptors (Lipinski definition) is 12. The topological polar surface area (TPSA) is 253 Å². The van der Waals surface area contributed by atoms with Gasteiger partial charge in [-0.1, -0.05) is 5.92 Å². The van der Waals surface area contributed by atoms with Gasteiger partial charge in [0.15, 0.2) is 18.0 Å². The molecule has 1 fully saturated rings. The standard InChI is InChI=1S/C11H15FN3O13P3/c1-2-11(5-25-30(21,22)28-31(23,24)27-29(18,19)20)8(16)7(12)9(26-11)15-4-3-6(13)14-10(15)17/h1,3-4,7-9,16,23-24H,5H2,(H4-,13,14,17,18,19,20,21,22)/p+1/t7-,8-,9+,11+/m0/s1. The van der Waals surface area contributed by atoms with Gasteiger partial charge in [0.25, 0.3) is 0 Å². The van der Waals surface area contributed by atoms with Gasteiger partial charge in [-0.2, -0.15) is 14.8 Å². The number of phosphoric acid groups is 2. The molecule has 174 valence electrons. The molecule has 0 amide bonds. The number of nitrogens with zero attached hydrogens (tertiary/aromatic N) is 2. The van der Waals surface area contributed by atoms with Crippen molar-refractivity contribution >= 4 is 29.6 Å². The van der Waals surface area contributed by atoms with E-state index in [1.807, 2.05) is 0 Å². The Hall–Kier alpha value is -1.34. The third kappa shape index (κ3) is 6.35. The lowest BCUT2D eigenvalue weighted by atomic mass is 9.98. The van der Waals surface area contributed by atoms with E-state index in [0.29, 0.717) is 4.57 Å². The van der Waals surface area contributed by atoms with Crippen LogP contribution in [0.25, 0.3) is 0 Å². The second-order valence-corrected chi connectivity index (χ2v) is 10.3. The van der Waals surface area contributed by atoms with Crippen molar-refractivity contribution in [3.8, 4) is 12.3 Å². The Morgan fingerprint density at radius 2 is 2.00 bits per heavy atom. The Kier molecular flexibility index (Phi) is 7.43. The van der Waals surface area contributed by atoms with Crippen LogP contribution < -0.4 is 11.4 Å². The molecule has 0 aliphatic carbocycles. The minimum absolute atomic E-state index is 0.197. The van der Waals surface area contributed by atoms with E-state index in [2.05, 4.69) is 18.1 Å². The Morgan fingerprint density at radius 1 is 1.39 bits per heavy atom. The van der Waals surface area contributed by atoms with E-state index in [9.17, 15) is 38.1 Å². The minimum Gasteiger partial charge on any atom is -0.386 e. The van der Waals surface area contributed by atoms with Crippen LogP contribution in [-0.2, 0) is 27.0 Å². The van der Waals surface area contributed by atoms with Gasteiger partial charge in [-0.25, -0.2) is 18.3 Å². The van der Waals surface area contributed by atoms with Gasteiger partial charge in [-0.05, 0) is 14.7 Å². The lowest BCUT2D eigenvalue weighted by molar-refractivity contribution is -0.0907. The van der Waals surface area contributed by atoms with Gasteiger partial charge in [-0.15, -0.1) is 6.42 Å². The molecule has 1 aromatic heterocycles. The SMILES string of the molecule is C#C[C@]1(COP(=O)(O)O[P+](O)(O)OP(=O)(O)O)O[C@@H](n2ccc(N)nc2=O)[C@@H](F)[C@@H]1O. The summed E-state index contributed by atoms with van der Waals surface area (Å²) in [7, 11) is -16.7. The summed E-state index contributed by atoms with van der Waals surface area (Å²) in [6.07, 6.45) is -0.263. The molecule has 2 rings (SSSR count). The number of nitrogens with two attached hydrogens (primary N) is 1. The first-order valence-corrected chi connectivity index (χ1v) is 12.2. The first-order chi connectivity index (χ1) is 14.0. The van der Waals surface area contributed by atoms with Crippen LogP contribution in [0.1, 0.15) is 6.23 Å². The average Bonchev–Trinajstić information content (AvgIpc) is 2.82. The number of anilines is 1. The van der Waals surface area contributed by atoms with Crippen molar-refractivity contribution in [2.24, 2.45) is 0 Å². The highest BCUT2D eigenvalue weighted by Crippen LogP contribution is 2.71. The highest BCUT2D eigenvalue weighted by Gasteiger charge is 2.59. The van der Waals surface area contributed by atoms with Crippen LogP contribution in [-0.4, -0.2) is 63.6 Å². The molecular formula is C11H16FN3O13P3+. The largest absolute Gasteiger partial charge is 0.591 e. The van der Waals surface area contributed by atoms with Crippen molar-refractivity contribution in [2.45, 2.75) is 24.1 Å². The number of rotatable bonds is 8. The Bertz CT molecular complexity index is 1020. The minimum atomic E-state index is -5.59. The fourth-order valence-corrected chi connectivity index (χ4v) is 5.48. The molecule has 20 heteroatoms. The number of aromatic nitrogens is 2. The van der Waals surface area contributed by atoms with Gasteiger partial charge >= 0.3 is 29.5 Å². The monoisotopic (exact) mass is 510 g/mol. The maximum absolute atomic E-state index is 14.6. The summed E-state index contributed by atoms with van der Waals surface area (Å²) in [5.74, 6) is 1.61. The summed E-state index contributed by atoms with van der Waals surface area (Å²) < 4.78 is 54.4. The van der Waals surface area contributed by atoms with Crippen molar-refractivity contribution in [1.29, 1.82) is 0 Å². The van der Waals surface area contributed by atoms with Crippen molar-refractivity contribution in [2.75, 3.05) is 12.3 Å². The number of terminal acetylenes is 1. The molecule has 1 aromatic rings. The van der Waals surface area contributed by atoms with Crippen LogP contribution in [0.2, 0.25) is 0 Å². The Morgan fingerprint density at radius 3 is 2.52 bits per heavy atom. The summed E-state index contributed by atoms with van der Waals surface area (Å²) in [5.41, 5.74) is 1.75. The molecule has 1 aliphatic heterocycles. The number of aliphatic hydroxyl groups is 1. The van der Waals surface area contributed by atoms with Gasteiger partial charge in [0.05, 0.1) is 0 Å². The highest BCUT2D eigenvalue weighted by molar-refractivity contribution is 7.70. The lowest BCUT2D eigenvalue weighted by Gasteiger charge is -2.26. The average molecular weight is 510 g/mol. The predicted octanol–water partition coefficient (Wildman–Crippen LogP) is -1.67. The highest BCUT2D eigenvalue weighted by atomic mass is 31.3. The van der Waals surface area contributed by atoms with Crippen molar-refractivity contribution in [3.63, 3.8) is 0 Å². The smallest absolute Gasteiger partial charge is 0.386 e. The zero-order chi connectivity index (χ0) is 23.8. The molecule has 16 nitrogen and oxygen atoms in total. The fourth-order valence-electron chi connectivity index (χ4n) is 2.36. The summed E-state index contributed by atoms with van der Waals surface area (Å²) in [6, 6.07) is 1.11. The summed E-state index contributed by atoms with van der Waals surface area (Å²) >= 11 is 0. The third-order valence-corrected chi connectivity index (χ3v) is 7.45. The number of halogens is 1. The predicted molar refractivity (Wildman–Crippen MR) is 96.8 cm³/mol. The van der Waals surface area contributed by atoms with Crippen LogP contribution in [0, 0.1) is 12.3 Å². The van der Waals surface area contributed by atoms with Crippen molar-refractivity contribution < 1.29 is 61.0 Å². The second kappa shape index (κ2) is 8.89. The first-order valence-electron chi connectivity index (χ1n) is 7.63. The van der Waals surface area contributed by atoms with E-state index < -0.39 is 60.2 Å². The molecule has 0 aromatic carbocycles. The molecule has 0 bridgehead atoms. The summed E-state index contributed by atoms with van der Waals surface area (Å²) in [4.78, 5) is 60.2. The second-order valence-electron chi connectivity index (χ2n) is 5.86. The molecular weight excluding hydrogens is 494 g/mol. The molecule has 0 radical (unpaired) electrons. The van der Waals surface area contributed by atoms with E-state index in [1.54, 1.807) is 5.92 Å². The summed E-state index contributed by atoms with van der Waals surface area (Å²) in [5, 5.41) is 10.2. The number of aliphatic hydroxyl groups excluding tert-OH is 1. The normalized spacial score (nSPS) is 28.8. The van der Waals surface area contributed by atoms with E-state index in [-0.39, 0.29) is 5.82 Å². The maximum Gasteiger partial charge on any atom is 0.591 e. The van der Waals surface area contributed by atoms with Crippen molar-refractivity contribution in [3.05, 3.63) is 22.7 Å². The van der Waals surface area contributed by atoms with E-state index in [1.165, 1.54) is 0 Å². The Labute approximate surface area is 172 Å². The van der Waals surface area contributed by atoms with E-state index >= 15 is 0 Å². The molecule has 8 N–H and O–H groups in total. The zero-order valence-corrected chi connectivity index (χ0v) is 17.6. The van der Waals surface area contributed by atoms with Crippen LogP contribution in [0.4, 0.5) is 10.2 Å². The lowest BCUT2D eigenvalue weighted by Crippen LogP contribution is -2.44. The maximum atomic E-state index is 14.6. The molecule has 1 saturated heterocycles. The van der Waals surface area contributed by atoms with Crippen LogP contribution in [0.3, 0.4) is 0 Å². The molecule has 2 heterocycles. The zero-order valence-electron chi connectivity index (χ0n) is 14.9. The molecule has 0 spiro atoms. The molecule has 5 atom stereocenters. The van der Waals surface area contributed by atoms with E-state index in [4.69, 9.17) is 26.7 Å². The number of alkyl halides is 1. The van der Waals surface area contributed by atoms with Crippen LogP contribution in [0.5, 0.6) is 0 Å². The van der Waals surface area contributed by atoms with Crippen LogP contribution in [0.15, 0.2) is 17.1 Å². The van der Waals surface area contributed by atoms with E-state index in [0.717, 1.165) is 12.3 Å². The number of phosphoric ester groups is 1. The molecule has 0 saturated carbocycles. The third-order valence-electron chi connectivity index (χ3n) is 3.62. The number of ether oxygens (including phenoxy) is 1. The van der Waals surface area contributed by atoms with Crippen molar-refractivity contribution in [1.82, 2.24) is 9.55 Å². The fraction of sp³-hybridized carbons (Fsp3) is 0.455. The van der Waals surface area contributed by atoms with Crippen LogP contribution >= 0.6 is 23.8 Å². The molecule has 1 unspecified atom stereocenters. The molecule has 1 aliphatic rings. The van der Waals surface area contributed by atoms with Gasteiger partial charge in [0.2, 0.25) is 0 Å².